The minimum absolute atomic E-state index is 0.00570. The third-order valence-corrected chi connectivity index (χ3v) is 3.49. The minimum atomic E-state index is -0.685. The van der Waals surface area contributed by atoms with Crippen LogP contribution in [0.2, 0.25) is 0 Å². The first-order valence-electron chi connectivity index (χ1n) is 7.72. The molecule has 0 radical (unpaired) electrons. The van der Waals surface area contributed by atoms with Gasteiger partial charge in [-0.25, -0.2) is 0 Å². The molecule has 0 saturated carbocycles. The maximum Gasteiger partial charge on any atom is 0.269 e. The van der Waals surface area contributed by atoms with Gasteiger partial charge in [-0.05, 0) is 12.0 Å². The van der Waals surface area contributed by atoms with Crippen molar-refractivity contribution in [2.45, 2.75) is 45.1 Å². The van der Waals surface area contributed by atoms with Gasteiger partial charge in [0.2, 0.25) is 11.8 Å². The lowest BCUT2D eigenvalue weighted by Crippen LogP contribution is -2.47. The summed E-state index contributed by atoms with van der Waals surface area (Å²) in [4.78, 5) is 34.0. The Balaban J connectivity index is 2.69. The summed E-state index contributed by atoms with van der Waals surface area (Å²) in [5, 5.41) is 15.9. The molecular weight excluding hydrogens is 298 g/mol. The van der Waals surface area contributed by atoms with Crippen molar-refractivity contribution >= 4 is 17.5 Å². The van der Waals surface area contributed by atoms with Gasteiger partial charge in [0, 0.05) is 32.0 Å². The second-order valence-electron chi connectivity index (χ2n) is 5.32. The predicted octanol–water partition coefficient (Wildman–Crippen LogP) is 1.95. The van der Waals surface area contributed by atoms with Gasteiger partial charge in [0.05, 0.1) is 4.92 Å². The summed E-state index contributed by atoms with van der Waals surface area (Å²) in [5.41, 5.74) is 0.743. The number of benzene rings is 1. The fourth-order valence-corrected chi connectivity index (χ4v) is 2.18. The van der Waals surface area contributed by atoms with Crippen LogP contribution < -0.4 is 10.6 Å². The molecule has 1 rings (SSSR count). The van der Waals surface area contributed by atoms with Crippen molar-refractivity contribution in [3.63, 3.8) is 0 Å². The fourth-order valence-electron chi connectivity index (χ4n) is 2.18. The first-order valence-corrected chi connectivity index (χ1v) is 7.72. The van der Waals surface area contributed by atoms with Crippen LogP contribution in [0.15, 0.2) is 24.3 Å². The zero-order valence-corrected chi connectivity index (χ0v) is 13.5. The molecule has 1 aromatic carbocycles. The van der Waals surface area contributed by atoms with Gasteiger partial charge < -0.3 is 10.6 Å². The number of rotatable bonds is 9. The number of hydrogen-bond acceptors (Lipinski definition) is 4. The van der Waals surface area contributed by atoms with E-state index in [1.807, 2.05) is 0 Å². The lowest BCUT2D eigenvalue weighted by atomic mass is 10.0. The van der Waals surface area contributed by atoms with E-state index in [4.69, 9.17) is 0 Å². The summed E-state index contributed by atoms with van der Waals surface area (Å²) in [6.45, 7) is 2.06. The van der Waals surface area contributed by atoms with E-state index in [0.717, 1.165) is 24.8 Å². The Morgan fingerprint density at radius 3 is 2.39 bits per heavy atom. The highest BCUT2D eigenvalue weighted by Crippen LogP contribution is 2.13. The zero-order valence-electron chi connectivity index (χ0n) is 13.5. The van der Waals surface area contributed by atoms with Crippen molar-refractivity contribution in [2.24, 2.45) is 0 Å². The first kappa shape index (κ1) is 18.6. The second-order valence-corrected chi connectivity index (χ2v) is 5.32. The summed E-state index contributed by atoms with van der Waals surface area (Å²) in [7, 11) is 1.51. The highest BCUT2D eigenvalue weighted by atomic mass is 16.6. The highest BCUT2D eigenvalue weighted by Gasteiger charge is 2.20. The van der Waals surface area contributed by atoms with Crippen LogP contribution in [0.4, 0.5) is 5.69 Å². The Hall–Kier alpha value is -2.44. The average molecular weight is 321 g/mol. The van der Waals surface area contributed by atoms with Crippen LogP contribution in [0.1, 0.15) is 38.2 Å². The van der Waals surface area contributed by atoms with E-state index in [-0.39, 0.29) is 23.9 Å². The third kappa shape index (κ3) is 6.46. The minimum Gasteiger partial charge on any atom is -0.357 e. The number of likely N-dealkylation sites (N-methyl/N-ethyl adjacent to an activating group) is 1. The van der Waals surface area contributed by atoms with Gasteiger partial charge in [-0.15, -0.1) is 0 Å². The Kier molecular flexibility index (Phi) is 7.73. The molecule has 0 unspecified atom stereocenters. The van der Waals surface area contributed by atoms with Crippen LogP contribution in [0.3, 0.4) is 0 Å². The summed E-state index contributed by atoms with van der Waals surface area (Å²) in [6, 6.07) is 5.28. The summed E-state index contributed by atoms with van der Waals surface area (Å²) >= 11 is 0. The van der Waals surface area contributed by atoms with Gasteiger partial charge in [0.1, 0.15) is 6.04 Å². The van der Waals surface area contributed by atoms with Gasteiger partial charge >= 0.3 is 0 Å². The van der Waals surface area contributed by atoms with Crippen molar-refractivity contribution in [3.8, 4) is 0 Å². The number of carbonyl (C=O) groups is 2. The van der Waals surface area contributed by atoms with Crippen LogP contribution in [0.25, 0.3) is 0 Å². The van der Waals surface area contributed by atoms with E-state index in [1.54, 1.807) is 12.1 Å². The van der Waals surface area contributed by atoms with Crippen molar-refractivity contribution in [1.29, 1.82) is 0 Å². The molecule has 0 aliphatic rings. The van der Waals surface area contributed by atoms with Crippen LogP contribution in [0, 0.1) is 10.1 Å². The van der Waals surface area contributed by atoms with Crippen LogP contribution in [-0.2, 0) is 16.0 Å². The van der Waals surface area contributed by atoms with Gasteiger partial charge in [0.25, 0.3) is 5.69 Å². The van der Waals surface area contributed by atoms with Crippen LogP contribution >= 0.6 is 0 Å². The second kappa shape index (κ2) is 9.55. The topological polar surface area (TPSA) is 101 Å². The normalized spacial score (nSPS) is 11.6. The first-order chi connectivity index (χ1) is 11.0. The van der Waals surface area contributed by atoms with E-state index >= 15 is 0 Å². The molecule has 2 amide bonds. The monoisotopic (exact) mass is 321 g/mol. The number of nitro groups is 1. The van der Waals surface area contributed by atoms with Gasteiger partial charge in [-0.3, -0.25) is 19.7 Å². The predicted molar refractivity (Wildman–Crippen MR) is 86.9 cm³/mol. The molecule has 1 aromatic rings. The van der Waals surface area contributed by atoms with E-state index < -0.39 is 11.0 Å². The van der Waals surface area contributed by atoms with Gasteiger partial charge in [-0.1, -0.05) is 31.9 Å². The number of unbranched alkanes of at least 4 members (excludes halogenated alkanes) is 2. The summed E-state index contributed by atoms with van der Waals surface area (Å²) in [6.07, 6.45) is 3.47. The summed E-state index contributed by atoms with van der Waals surface area (Å²) in [5.74, 6) is -0.443. The molecule has 0 heterocycles. The maximum atomic E-state index is 11.9. The molecule has 0 saturated heterocycles. The Labute approximate surface area is 135 Å². The number of carbonyl (C=O) groups excluding carboxylic acids is 2. The molecule has 0 fully saturated rings. The molecule has 0 aliphatic heterocycles. The molecule has 0 spiro atoms. The molecule has 7 heteroatoms. The molecule has 23 heavy (non-hydrogen) atoms. The number of amides is 2. The fraction of sp³-hybridized carbons (Fsp3) is 0.500. The molecule has 126 valence electrons. The third-order valence-electron chi connectivity index (χ3n) is 3.49. The number of nitro benzene ring substituents is 1. The molecular formula is C16H23N3O4. The van der Waals surface area contributed by atoms with Crippen LogP contribution in [0.5, 0.6) is 0 Å². The highest BCUT2D eigenvalue weighted by molar-refractivity contribution is 5.87. The van der Waals surface area contributed by atoms with Gasteiger partial charge in [-0.2, -0.15) is 0 Å². The summed E-state index contributed by atoms with van der Waals surface area (Å²) < 4.78 is 0. The molecule has 7 nitrogen and oxygen atoms in total. The quantitative estimate of drug-likeness (QED) is 0.412. The Morgan fingerprint density at radius 2 is 1.87 bits per heavy atom. The number of nitrogens with zero attached hydrogens (tertiary/aromatic N) is 1. The molecule has 2 N–H and O–H groups in total. The van der Waals surface area contributed by atoms with E-state index in [1.165, 1.54) is 19.2 Å². The Bertz CT molecular complexity index is 543. The van der Waals surface area contributed by atoms with Crippen molar-refractivity contribution < 1.29 is 14.5 Å². The standard InChI is InChI=1S/C16H23N3O4/c1-3-4-5-6-15(20)18-14(16(21)17-2)11-12-7-9-13(10-8-12)19(22)23/h7-10,14H,3-6,11H2,1-2H3,(H,17,21)(H,18,20)/t14-/m0/s1. The molecule has 1 atom stereocenters. The van der Waals surface area contributed by atoms with Crippen molar-refractivity contribution in [2.75, 3.05) is 7.05 Å². The smallest absolute Gasteiger partial charge is 0.269 e. The van der Waals surface area contributed by atoms with E-state index in [9.17, 15) is 19.7 Å². The van der Waals surface area contributed by atoms with Gasteiger partial charge in [0.15, 0.2) is 0 Å². The molecule has 0 aliphatic carbocycles. The lowest BCUT2D eigenvalue weighted by Gasteiger charge is -2.17. The SMILES string of the molecule is CCCCCC(=O)N[C@@H](Cc1ccc([N+](=O)[O-])cc1)C(=O)NC. The van der Waals surface area contributed by atoms with E-state index in [0.29, 0.717) is 6.42 Å². The lowest BCUT2D eigenvalue weighted by molar-refractivity contribution is -0.384. The van der Waals surface area contributed by atoms with E-state index in [2.05, 4.69) is 17.6 Å². The number of nitrogens with one attached hydrogen (secondary N) is 2. The van der Waals surface area contributed by atoms with Crippen LogP contribution in [-0.4, -0.2) is 29.8 Å². The maximum absolute atomic E-state index is 11.9. The average Bonchev–Trinajstić information content (AvgIpc) is 2.54. The Morgan fingerprint density at radius 1 is 1.22 bits per heavy atom. The van der Waals surface area contributed by atoms with Crippen molar-refractivity contribution in [3.05, 3.63) is 39.9 Å². The number of hydrogen-bond donors (Lipinski definition) is 2. The molecule has 0 aromatic heterocycles. The molecule has 0 bridgehead atoms. The zero-order chi connectivity index (χ0) is 17.2. The van der Waals surface area contributed by atoms with Crippen molar-refractivity contribution in [1.82, 2.24) is 10.6 Å². The largest absolute Gasteiger partial charge is 0.357 e. The number of non-ortho nitro benzene ring substituents is 1.